The van der Waals surface area contributed by atoms with Crippen molar-refractivity contribution in [2.75, 3.05) is 0 Å². The van der Waals surface area contributed by atoms with Gasteiger partial charge in [-0.3, -0.25) is 0 Å². The molecular weight excluding hydrogens is 232 g/mol. The molecule has 19 heavy (non-hydrogen) atoms. The van der Waals surface area contributed by atoms with Crippen LogP contribution in [0.4, 0.5) is 0 Å². The molecule has 1 heteroatoms. The second-order valence-corrected chi connectivity index (χ2v) is 6.07. The van der Waals surface area contributed by atoms with E-state index in [-0.39, 0.29) is 5.92 Å². The lowest BCUT2D eigenvalue weighted by Gasteiger charge is -2.38. The Morgan fingerprint density at radius 3 is 2.16 bits per heavy atom. The standard InChI is InChI=1S/C18H26O/c1-5-18(19,6-2)17-12-11-14(13(3)4)15-9-7-8-10-16(15)17/h7-14,17,19H,5-6H2,1-4H3/t14-,17+/m0/s1. The molecule has 1 aliphatic carbocycles. The fraction of sp³-hybridized carbons (Fsp3) is 0.556. The molecular formula is C18H26O. The Labute approximate surface area is 117 Å². The minimum atomic E-state index is -0.617. The van der Waals surface area contributed by atoms with E-state index < -0.39 is 5.60 Å². The Morgan fingerprint density at radius 1 is 1.05 bits per heavy atom. The summed E-state index contributed by atoms with van der Waals surface area (Å²) in [6, 6.07) is 8.62. The monoisotopic (exact) mass is 258 g/mol. The summed E-state index contributed by atoms with van der Waals surface area (Å²) in [6.45, 7) is 8.68. The summed E-state index contributed by atoms with van der Waals surface area (Å²) in [5.74, 6) is 1.20. The number of allylic oxidation sites excluding steroid dienone is 1. The number of hydrogen-bond donors (Lipinski definition) is 1. The summed E-state index contributed by atoms with van der Waals surface area (Å²) < 4.78 is 0. The second kappa shape index (κ2) is 5.50. The second-order valence-electron chi connectivity index (χ2n) is 6.07. The van der Waals surface area contributed by atoms with Gasteiger partial charge in [0.2, 0.25) is 0 Å². The highest BCUT2D eigenvalue weighted by Gasteiger charge is 2.37. The van der Waals surface area contributed by atoms with Gasteiger partial charge in [0.15, 0.2) is 0 Å². The normalized spacial score (nSPS) is 22.6. The molecule has 0 aliphatic heterocycles. The lowest BCUT2D eigenvalue weighted by Crippen LogP contribution is -2.36. The third-order valence-electron chi connectivity index (χ3n) is 4.72. The first-order valence-electron chi connectivity index (χ1n) is 7.53. The van der Waals surface area contributed by atoms with E-state index in [0.29, 0.717) is 11.8 Å². The molecule has 1 aromatic rings. The fourth-order valence-corrected chi connectivity index (χ4v) is 3.28. The topological polar surface area (TPSA) is 20.2 Å². The van der Waals surface area contributed by atoms with Gasteiger partial charge in [0.1, 0.15) is 0 Å². The van der Waals surface area contributed by atoms with Crippen LogP contribution in [-0.4, -0.2) is 10.7 Å². The number of aliphatic hydroxyl groups is 1. The van der Waals surface area contributed by atoms with Crippen molar-refractivity contribution in [3.05, 3.63) is 47.5 Å². The highest BCUT2D eigenvalue weighted by molar-refractivity contribution is 5.43. The van der Waals surface area contributed by atoms with Crippen LogP contribution in [0, 0.1) is 5.92 Å². The van der Waals surface area contributed by atoms with Crippen LogP contribution in [0.25, 0.3) is 0 Å². The van der Waals surface area contributed by atoms with Gasteiger partial charge >= 0.3 is 0 Å². The van der Waals surface area contributed by atoms with E-state index in [1.165, 1.54) is 11.1 Å². The molecule has 1 aromatic carbocycles. The van der Waals surface area contributed by atoms with Gasteiger partial charge in [-0.15, -0.1) is 0 Å². The third-order valence-corrected chi connectivity index (χ3v) is 4.72. The lowest BCUT2D eigenvalue weighted by atomic mass is 9.70. The maximum absolute atomic E-state index is 10.9. The van der Waals surface area contributed by atoms with E-state index in [0.717, 1.165) is 12.8 Å². The van der Waals surface area contributed by atoms with Crippen LogP contribution in [0.3, 0.4) is 0 Å². The van der Waals surface area contributed by atoms with Crippen molar-refractivity contribution in [2.24, 2.45) is 5.92 Å². The van der Waals surface area contributed by atoms with Crippen molar-refractivity contribution in [1.82, 2.24) is 0 Å². The van der Waals surface area contributed by atoms with E-state index >= 15 is 0 Å². The van der Waals surface area contributed by atoms with Crippen LogP contribution >= 0.6 is 0 Å². The Bertz CT molecular complexity index is 455. The summed E-state index contributed by atoms with van der Waals surface area (Å²) in [5, 5.41) is 10.9. The van der Waals surface area contributed by atoms with Crippen molar-refractivity contribution in [3.63, 3.8) is 0 Å². The third kappa shape index (κ3) is 2.49. The largest absolute Gasteiger partial charge is 0.389 e. The fourth-order valence-electron chi connectivity index (χ4n) is 3.28. The quantitative estimate of drug-likeness (QED) is 0.781. The molecule has 104 valence electrons. The van der Waals surface area contributed by atoms with Crippen LogP contribution in [0.1, 0.15) is 63.5 Å². The van der Waals surface area contributed by atoms with E-state index in [1.54, 1.807) is 0 Å². The molecule has 0 radical (unpaired) electrons. The first-order valence-corrected chi connectivity index (χ1v) is 7.53. The first-order chi connectivity index (χ1) is 9.03. The van der Waals surface area contributed by atoms with Crippen LogP contribution in [-0.2, 0) is 0 Å². The number of rotatable bonds is 4. The highest BCUT2D eigenvalue weighted by Crippen LogP contribution is 2.44. The van der Waals surface area contributed by atoms with Gasteiger partial charge in [-0.1, -0.05) is 64.1 Å². The van der Waals surface area contributed by atoms with Crippen molar-refractivity contribution in [1.29, 1.82) is 0 Å². The molecule has 2 atom stereocenters. The Balaban J connectivity index is 2.49. The zero-order chi connectivity index (χ0) is 14.0. The summed E-state index contributed by atoms with van der Waals surface area (Å²) in [6.07, 6.45) is 6.12. The van der Waals surface area contributed by atoms with E-state index in [2.05, 4.69) is 64.1 Å². The Morgan fingerprint density at radius 2 is 1.63 bits per heavy atom. The van der Waals surface area contributed by atoms with E-state index in [1.807, 2.05) is 0 Å². The van der Waals surface area contributed by atoms with E-state index in [9.17, 15) is 5.11 Å². The van der Waals surface area contributed by atoms with Gasteiger partial charge in [0.05, 0.1) is 5.60 Å². The van der Waals surface area contributed by atoms with Gasteiger partial charge in [0.25, 0.3) is 0 Å². The SMILES string of the molecule is CCC(O)(CC)[C@@H]1C=C[C@@H](C(C)C)c2ccccc21. The van der Waals surface area contributed by atoms with Crippen molar-refractivity contribution in [2.45, 2.75) is 58.0 Å². The molecule has 0 heterocycles. The molecule has 0 amide bonds. The molecule has 0 saturated heterocycles. The number of benzene rings is 1. The molecule has 1 N–H and O–H groups in total. The Kier molecular flexibility index (Phi) is 4.15. The summed E-state index contributed by atoms with van der Waals surface area (Å²) in [4.78, 5) is 0. The average Bonchev–Trinajstić information content (AvgIpc) is 2.45. The minimum absolute atomic E-state index is 0.133. The molecule has 0 spiro atoms. The van der Waals surface area contributed by atoms with Crippen LogP contribution in [0.2, 0.25) is 0 Å². The first kappa shape index (κ1) is 14.3. The van der Waals surface area contributed by atoms with E-state index in [4.69, 9.17) is 0 Å². The lowest BCUT2D eigenvalue weighted by molar-refractivity contribution is 0.0169. The van der Waals surface area contributed by atoms with Gasteiger partial charge < -0.3 is 5.11 Å². The van der Waals surface area contributed by atoms with Crippen molar-refractivity contribution < 1.29 is 5.11 Å². The summed E-state index contributed by atoms with van der Waals surface area (Å²) in [5.41, 5.74) is 2.09. The van der Waals surface area contributed by atoms with Gasteiger partial charge in [-0.05, 0) is 29.9 Å². The molecule has 1 nitrogen and oxygen atoms in total. The minimum Gasteiger partial charge on any atom is -0.389 e. The van der Waals surface area contributed by atoms with Gasteiger partial charge in [-0.25, -0.2) is 0 Å². The predicted octanol–water partition coefficient (Wildman–Crippen LogP) is 4.63. The molecule has 2 rings (SSSR count). The predicted molar refractivity (Wildman–Crippen MR) is 81.4 cm³/mol. The maximum atomic E-state index is 10.9. The maximum Gasteiger partial charge on any atom is 0.0745 e. The van der Waals surface area contributed by atoms with Crippen molar-refractivity contribution >= 4 is 0 Å². The van der Waals surface area contributed by atoms with Crippen LogP contribution in [0.5, 0.6) is 0 Å². The van der Waals surface area contributed by atoms with Gasteiger partial charge in [-0.2, -0.15) is 0 Å². The smallest absolute Gasteiger partial charge is 0.0745 e. The molecule has 0 bridgehead atoms. The highest BCUT2D eigenvalue weighted by atomic mass is 16.3. The number of hydrogen-bond acceptors (Lipinski definition) is 1. The molecule has 0 aromatic heterocycles. The van der Waals surface area contributed by atoms with Crippen LogP contribution < -0.4 is 0 Å². The zero-order valence-corrected chi connectivity index (χ0v) is 12.6. The molecule has 0 fully saturated rings. The average molecular weight is 258 g/mol. The zero-order valence-electron chi connectivity index (χ0n) is 12.6. The van der Waals surface area contributed by atoms with Crippen molar-refractivity contribution in [3.8, 4) is 0 Å². The van der Waals surface area contributed by atoms with Gasteiger partial charge in [0, 0.05) is 11.8 Å². The summed E-state index contributed by atoms with van der Waals surface area (Å²) >= 11 is 0. The molecule has 1 aliphatic rings. The Hall–Kier alpha value is -1.08. The molecule has 0 saturated carbocycles. The number of fused-ring (bicyclic) bond motifs is 1. The molecule has 0 unspecified atom stereocenters. The summed E-state index contributed by atoms with van der Waals surface area (Å²) in [7, 11) is 0. The van der Waals surface area contributed by atoms with Crippen LogP contribution in [0.15, 0.2) is 36.4 Å².